The Balaban J connectivity index is 1.61. The van der Waals surface area contributed by atoms with E-state index in [0.29, 0.717) is 6.04 Å². The van der Waals surface area contributed by atoms with Crippen molar-refractivity contribution < 1.29 is 0 Å². The van der Waals surface area contributed by atoms with Crippen LogP contribution in [0.2, 0.25) is 0 Å². The van der Waals surface area contributed by atoms with Crippen molar-refractivity contribution in [2.45, 2.75) is 57.8 Å². The third-order valence-corrected chi connectivity index (χ3v) is 4.20. The first-order chi connectivity index (χ1) is 8.70. The molecular weight excluding hydrogens is 224 g/mol. The molecule has 0 radical (unpaired) electrons. The van der Waals surface area contributed by atoms with Gasteiger partial charge in [-0.3, -0.25) is 9.58 Å². The molecule has 2 aliphatic heterocycles. The summed E-state index contributed by atoms with van der Waals surface area (Å²) in [6.07, 6.45) is 8.25. The summed E-state index contributed by atoms with van der Waals surface area (Å²) in [5.74, 6) is 0. The lowest BCUT2D eigenvalue weighted by Crippen LogP contribution is -2.34. The highest BCUT2D eigenvalue weighted by Crippen LogP contribution is 2.21. The second kappa shape index (κ2) is 5.02. The average Bonchev–Trinajstić information content (AvgIpc) is 2.89. The number of likely N-dealkylation sites (tertiary alicyclic amines) is 1. The molecule has 2 saturated heterocycles. The normalized spacial score (nSPS) is 28.8. The summed E-state index contributed by atoms with van der Waals surface area (Å²) >= 11 is 0. The van der Waals surface area contributed by atoms with Crippen LogP contribution in [-0.2, 0) is 6.54 Å². The minimum atomic E-state index is 0.459. The van der Waals surface area contributed by atoms with Crippen LogP contribution in [-0.4, -0.2) is 39.9 Å². The summed E-state index contributed by atoms with van der Waals surface area (Å²) in [4.78, 5) is 2.58. The third kappa shape index (κ3) is 2.59. The van der Waals surface area contributed by atoms with Crippen molar-refractivity contribution in [3.8, 4) is 0 Å². The molecule has 18 heavy (non-hydrogen) atoms. The Hall–Kier alpha value is -0.870. The predicted octanol–water partition coefficient (Wildman–Crippen LogP) is 1.79. The molecule has 0 spiro atoms. The zero-order chi connectivity index (χ0) is 12.5. The van der Waals surface area contributed by atoms with Crippen molar-refractivity contribution in [1.82, 2.24) is 20.0 Å². The minimum absolute atomic E-state index is 0.459. The number of rotatable bonds is 3. The standard InChI is InChI=1S/C14H24N4/c1-11(2)18-9-12(7-15-18)8-17-6-5-13-3-4-14(10-17)16-13/h7,9,11,13-14,16H,3-6,8,10H2,1-2H3. The molecule has 2 atom stereocenters. The highest BCUT2D eigenvalue weighted by molar-refractivity contribution is 5.05. The van der Waals surface area contributed by atoms with Gasteiger partial charge in [-0.05, 0) is 33.1 Å². The number of hydrogen-bond donors (Lipinski definition) is 1. The molecule has 2 bridgehead atoms. The van der Waals surface area contributed by atoms with E-state index in [1.54, 1.807) is 0 Å². The fraction of sp³-hybridized carbons (Fsp3) is 0.786. The summed E-state index contributed by atoms with van der Waals surface area (Å²) in [6, 6.07) is 1.96. The molecule has 0 aliphatic carbocycles. The summed E-state index contributed by atoms with van der Waals surface area (Å²) in [7, 11) is 0. The maximum atomic E-state index is 4.43. The highest BCUT2D eigenvalue weighted by atomic mass is 15.3. The van der Waals surface area contributed by atoms with Crippen LogP contribution in [0.1, 0.15) is 44.7 Å². The van der Waals surface area contributed by atoms with Crippen LogP contribution in [0.3, 0.4) is 0 Å². The number of hydrogen-bond acceptors (Lipinski definition) is 3. The summed E-state index contributed by atoms with van der Waals surface area (Å²) in [5.41, 5.74) is 1.35. The Morgan fingerprint density at radius 1 is 1.33 bits per heavy atom. The van der Waals surface area contributed by atoms with Crippen LogP contribution < -0.4 is 5.32 Å². The van der Waals surface area contributed by atoms with E-state index >= 15 is 0 Å². The van der Waals surface area contributed by atoms with Crippen molar-refractivity contribution >= 4 is 0 Å². The first-order valence-corrected chi connectivity index (χ1v) is 7.22. The van der Waals surface area contributed by atoms with Crippen LogP contribution >= 0.6 is 0 Å². The van der Waals surface area contributed by atoms with Gasteiger partial charge in [0.1, 0.15) is 0 Å². The van der Waals surface area contributed by atoms with Gasteiger partial charge in [0.15, 0.2) is 0 Å². The average molecular weight is 248 g/mol. The van der Waals surface area contributed by atoms with E-state index in [2.05, 4.69) is 40.0 Å². The number of nitrogens with zero attached hydrogens (tertiary/aromatic N) is 3. The topological polar surface area (TPSA) is 33.1 Å². The van der Waals surface area contributed by atoms with Gasteiger partial charge in [-0.25, -0.2) is 0 Å². The van der Waals surface area contributed by atoms with Crippen LogP contribution in [0, 0.1) is 0 Å². The Labute approximate surface area is 109 Å². The monoisotopic (exact) mass is 248 g/mol. The predicted molar refractivity (Wildman–Crippen MR) is 72.5 cm³/mol. The van der Waals surface area contributed by atoms with E-state index in [-0.39, 0.29) is 0 Å². The van der Waals surface area contributed by atoms with Gasteiger partial charge in [-0.2, -0.15) is 5.10 Å². The van der Waals surface area contributed by atoms with Crippen LogP contribution in [0.15, 0.2) is 12.4 Å². The third-order valence-electron chi connectivity index (χ3n) is 4.20. The Kier molecular flexibility index (Phi) is 3.39. The zero-order valence-electron chi connectivity index (χ0n) is 11.5. The van der Waals surface area contributed by atoms with Crippen molar-refractivity contribution in [3.05, 3.63) is 18.0 Å². The zero-order valence-corrected chi connectivity index (χ0v) is 11.5. The Bertz CT molecular complexity index is 398. The van der Waals surface area contributed by atoms with Gasteiger partial charge in [0.2, 0.25) is 0 Å². The molecule has 3 rings (SSSR count). The summed E-state index contributed by atoms with van der Waals surface area (Å²) in [6.45, 7) is 7.82. The van der Waals surface area contributed by atoms with Gasteiger partial charge in [0.25, 0.3) is 0 Å². The lowest BCUT2D eigenvalue weighted by atomic mass is 10.1. The summed E-state index contributed by atoms with van der Waals surface area (Å²) in [5, 5.41) is 8.16. The number of fused-ring (bicyclic) bond motifs is 2. The molecule has 0 aromatic carbocycles. The lowest BCUT2D eigenvalue weighted by Gasteiger charge is -2.23. The molecule has 2 unspecified atom stereocenters. The molecule has 1 aromatic heterocycles. The highest BCUT2D eigenvalue weighted by Gasteiger charge is 2.29. The molecule has 1 N–H and O–H groups in total. The molecule has 4 heteroatoms. The van der Waals surface area contributed by atoms with Crippen molar-refractivity contribution in [2.75, 3.05) is 13.1 Å². The second-order valence-electron chi connectivity index (χ2n) is 6.08. The molecule has 1 aromatic rings. The van der Waals surface area contributed by atoms with Crippen LogP contribution in [0.25, 0.3) is 0 Å². The number of nitrogens with one attached hydrogen (secondary N) is 1. The quantitative estimate of drug-likeness (QED) is 0.885. The van der Waals surface area contributed by atoms with Crippen molar-refractivity contribution in [2.24, 2.45) is 0 Å². The van der Waals surface area contributed by atoms with Gasteiger partial charge in [0.05, 0.1) is 6.20 Å². The molecule has 3 heterocycles. The largest absolute Gasteiger partial charge is 0.310 e. The van der Waals surface area contributed by atoms with Gasteiger partial charge in [-0.1, -0.05) is 0 Å². The van der Waals surface area contributed by atoms with E-state index in [1.807, 2.05) is 6.20 Å². The van der Waals surface area contributed by atoms with Gasteiger partial charge < -0.3 is 5.32 Å². The Morgan fingerprint density at radius 2 is 2.17 bits per heavy atom. The molecule has 4 nitrogen and oxygen atoms in total. The fourth-order valence-corrected chi connectivity index (χ4v) is 3.16. The van der Waals surface area contributed by atoms with Crippen LogP contribution in [0.5, 0.6) is 0 Å². The van der Waals surface area contributed by atoms with Gasteiger partial charge in [-0.15, -0.1) is 0 Å². The second-order valence-corrected chi connectivity index (χ2v) is 6.08. The van der Waals surface area contributed by atoms with Crippen molar-refractivity contribution in [3.63, 3.8) is 0 Å². The fourth-order valence-electron chi connectivity index (χ4n) is 3.16. The molecular formula is C14H24N4. The summed E-state index contributed by atoms with van der Waals surface area (Å²) < 4.78 is 2.05. The first-order valence-electron chi connectivity index (χ1n) is 7.22. The minimum Gasteiger partial charge on any atom is -0.310 e. The molecule has 2 fully saturated rings. The molecule has 0 saturated carbocycles. The van der Waals surface area contributed by atoms with Crippen LogP contribution in [0.4, 0.5) is 0 Å². The molecule has 2 aliphatic rings. The van der Waals surface area contributed by atoms with E-state index in [1.165, 1.54) is 37.9 Å². The maximum absolute atomic E-state index is 4.43. The molecule has 100 valence electrons. The number of aromatic nitrogens is 2. The van der Waals surface area contributed by atoms with Crippen molar-refractivity contribution in [1.29, 1.82) is 0 Å². The lowest BCUT2D eigenvalue weighted by molar-refractivity contribution is 0.251. The molecule has 0 amide bonds. The van der Waals surface area contributed by atoms with Gasteiger partial charge >= 0.3 is 0 Å². The Morgan fingerprint density at radius 3 is 2.94 bits per heavy atom. The first kappa shape index (κ1) is 12.2. The smallest absolute Gasteiger partial charge is 0.0534 e. The maximum Gasteiger partial charge on any atom is 0.0534 e. The van der Waals surface area contributed by atoms with E-state index in [4.69, 9.17) is 0 Å². The van der Waals surface area contributed by atoms with Gasteiger partial charge in [0, 0.05) is 49.5 Å². The SMILES string of the molecule is CC(C)n1cc(CN2CCC3CCC(C2)N3)cn1. The van der Waals surface area contributed by atoms with E-state index < -0.39 is 0 Å². The van der Waals surface area contributed by atoms with E-state index in [9.17, 15) is 0 Å². The van der Waals surface area contributed by atoms with E-state index in [0.717, 1.165) is 18.6 Å².